The fourth-order valence-corrected chi connectivity index (χ4v) is 2.24. The van der Waals surface area contributed by atoms with Gasteiger partial charge < -0.3 is 15.0 Å². The van der Waals surface area contributed by atoms with Crippen molar-refractivity contribution in [2.45, 2.75) is 6.04 Å². The number of benzene rings is 2. The lowest BCUT2D eigenvalue weighted by Crippen LogP contribution is -2.23. The second kappa shape index (κ2) is 5.25. The number of amides is 2. The van der Waals surface area contributed by atoms with E-state index in [0.29, 0.717) is 6.54 Å². The summed E-state index contributed by atoms with van der Waals surface area (Å²) in [5, 5.41) is 2.94. The molecule has 4 heteroatoms. The van der Waals surface area contributed by atoms with Gasteiger partial charge in [-0.25, -0.2) is 4.79 Å². The van der Waals surface area contributed by atoms with E-state index in [4.69, 9.17) is 4.74 Å². The van der Waals surface area contributed by atoms with E-state index in [1.165, 1.54) is 0 Å². The molecule has 4 nitrogen and oxygen atoms in total. The van der Waals surface area contributed by atoms with E-state index in [1.807, 2.05) is 54.6 Å². The SMILES string of the molecule is CN1CC(c2ccc(Oc3ccccc3)cc2)NC1=O. The zero-order valence-corrected chi connectivity index (χ0v) is 11.2. The van der Waals surface area contributed by atoms with Crippen molar-refractivity contribution in [1.82, 2.24) is 10.2 Å². The smallest absolute Gasteiger partial charge is 0.317 e. The molecule has 0 spiro atoms. The van der Waals surface area contributed by atoms with Crippen LogP contribution in [0.3, 0.4) is 0 Å². The highest BCUT2D eigenvalue weighted by molar-refractivity contribution is 5.76. The van der Waals surface area contributed by atoms with Gasteiger partial charge in [0.25, 0.3) is 0 Å². The van der Waals surface area contributed by atoms with Gasteiger partial charge in [0.15, 0.2) is 0 Å². The Labute approximate surface area is 118 Å². The van der Waals surface area contributed by atoms with Crippen LogP contribution in [0.25, 0.3) is 0 Å². The van der Waals surface area contributed by atoms with E-state index in [9.17, 15) is 4.79 Å². The lowest BCUT2D eigenvalue weighted by atomic mass is 10.1. The molecule has 20 heavy (non-hydrogen) atoms. The molecule has 1 aliphatic rings. The normalized spacial score (nSPS) is 17.9. The van der Waals surface area contributed by atoms with Gasteiger partial charge >= 0.3 is 6.03 Å². The summed E-state index contributed by atoms with van der Waals surface area (Å²) in [5.41, 5.74) is 1.09. The number of para-hydroxylation sites is 1. The Kier molecular flexibility index (Phi) is 3.29. The molecule has 1 heterocycles. The molecule has 0 aliphatic carbocycles. The minimum Gasteiger partial charge on any atom is -0.457 e. The molecule has 1 N–H and O–H groups in total. The highest BCUT2D eigenvalue weighted by atomic mass is 16.5. The highest BCUT2D eigenvalue weighted by Crippen LogP contribution is 2.25. The maximum Gasteiger partial charge on any atom is 0.317 e. The summed E-state index contributed by atoms with van der Waals surface area (Å²) in [6.07, 6.45) is 0. The van der Waals surface area contributed by atoms with Gasteiger partial charge in [-0.2, -0.15) is 0 Å². The number of hydrogen-bond acceptors (Lipinski definition) is 2. The van der Waals surface area contributed by atoms with E-state index < -0.39 is 0 Å². The number of carbonyl (C=O) groups excluding carboxylic acids is 1. The van der Waals surface area contributed by atoms with Gasteiger partial charge in [-0.15, -0.1) is 0 Å². The van der Waals surface area contributed by atoms with E-state index in [-0.39, 0.29) is 12.1 Å². The zero-order valence-electron chi connectivity index (χ0n) is 11.2. The molecule has 1 fully saturated rings. The first-order valence-corrected chi connectivity index (χ1v) is 6.57. The molecule has 2 aromatic carbocycles. The van der Waals surface area contributed by atoms with Crippen LogP contribution in [0.15, 0.2) is 54.6 Å². The van der Waals surface area contributed by atoms with E-state index in [2.05, 4.69) is 5.32 Å². The Morgan fingerprint density at radius 1 is 1.05 bits per heavy atom. The molecule has 1 atom stereocenters. The lowest BCUT2D eigenvalue weighted by Gasteiger charge is -2.11. The van der Waals surface area contributed by atoms with Crippen molar-refractivity contribution in [1.29, 1.82) is 0 Å². The maximum absolute atomic E-state index is 11.5. The monoisotopic (exact) mass is 268 g/mol. The first-order valence-electron chi connectivity index (χ1n) is 6.57. The first-order chi connectivity index (χ1) is 9.72. The van der Waals surface area contributed by atoms with Crippen molar-refractivity contribution in [2.24, 2.45) is 0 Å². The highest BCUT2D eigenvalue weighted by Gasteiger charge is 2.26. The maximum atomic E-state index is 11.5. The predicted octanol–water partition coefficient (Wildman–Crippen LogP) is 3.18. The van der Waals surface area contributed by atoms with Gasteiger partial charge in [0, 0.05) is 13.6 Å². The quantitative estimate of drug-likeness (QED) is 0.929. The number of urea groups is 1. The largest absolute Gasteiger partial charge is 0.457 e. The predicted molar refractivity (Wildman–Crippen MR) is 76.9 cm³/mol. The molecule has 1 aliphatic heterocycles. The summed E-state index contributed by atoms with van der Waals surface area (Å²) < 4.78 is 5.74. The lowest BCUT2D eigenvalue weighted by molar-refractivity contribution is 0.226. The van der Waals surface area contributed by atoms with Gasteiger partial charge in [0.1, 0.15) is 11.5 Å². The number of nitrogens with one attached hydrogen (secondary N) is 1. The number of carbonyl (C=O) groups is 1. The summed E-state index contributed by atoms with van der Waals surface area (Å²) >= 11 is 0. The van der Waals surface area contributed by atoms with Gasteiger partial charge in [0.05, 0.1) is 6.04 Å². The van der Waals surface area contributed by atoms with Crippen molar-refractivity contribution < 1.29 is 9.53 Å². The molecule has 2 aromatic rings. The van der Waals surface area contributed by atoms with E-state index >= 15 is 0 Å². The summed E-state index contributed by atoms with van der Waals surface area (Å²) in [6, 6.07) is 17.5. The van der Waals surface area contributed by atoms with E-state index in [0.717, 1.165) is 17.1 Å². The van der Waals surface area contributed by atoms with Crippen LogP contribution in [0.1, 0.15) is 11.6 Å². The summed E-state index contributed by atoms with van der Waals surface area (Å²) in [5.74, 6) is 1.60. The second-order valence-electron chi connectivity index (χ2n) is 4.87. The van der Waals surface area contributed by atoms with Crippen LogP contribution in [0.4, 0.5) is 4.79 Å². The standard InChI is InChI=1S/C16H16N2O2/c1-18-11-15(17-16(18)19)12-7-9-14(10-8-12)20-13-5-3-2-4-6-13/h2-10,15H,11H2,1H3,(H,17,19). The minimum absolute atomic E-state index is 0.0281. The zero-order chi connectivity index (χ0) is 13.9. The molecule has 3 rings (SSSR count). The van der Waals surface area contributed by atoms with Crippen LogP contribution in [-0.4, -0.2) is 24.5 Å². The molecular weight excluding hydrogens is 252 g/mol. The van der Waals surface area contributed by atoms with Crippen LogP contribution < -0.4 is 10.1 Å². The summed E-state index contributed by atoms with van der Waals surface area (Å²) in [6.45, 7) is 0.692. The molecule has 0 aromatic heterocycles. The number of ether oxygens (including phenoxy) is 1. The Hall–Kier alpha value is -2.49. The third-order valence-electron chi connectivity index (χ3n) is 3.36. The van der Waals surface area contributed by atoms with E-state index in [1.54, 1.807) is 11.9 Å². The fraction of sp³-hybridized carbons (Fsp3) is 0.188. The number of rotatable bonds is 3. The Morgan fingerprint density at radius 2 is 1.70 bits per heavy atom. The Morgan fingerprint density at radius 3 is 2.30 bits per heavy atom. The number of likely N-dealkylation sites (N-methyl/N-ethyl adjacent to an activating group) is 1. The first kappa shape index (κ1) is 12.5. The third-order valence-corrected chi connectivity index (χ3v) is 3.36. The van der Waals surface area contributed by atoms with Gasteiger partial charge in [-0.05, 0) is 29.8 Å². The molecule has 1 saturated heterocycles. The second-order valence-corrected chi connectivity index (χ2v) is 4.87. The Balaban J connectivity index is 1.70. The molecule has 0 bridgehead atoms. The summed E-state index contributed by atoms with van der Waals surface area (Å²) in [7, 11) is 1.79. The molecule has 2 amide bonds. The van der Waals surface area contributed by atoms with Gasteiger partial charge in [-0.1, -0.05) is 30.3 Å². The molecule has 0 saturated carbocycles. The molecular formula is C16H16N2O2. The molecule has 102 valence electrons. The van der Waals surface area contributed by atoms with Crippen molar-refractivity contribution in [3.8, 4) is 11.5 Å². The third kappa shape index (κ3) is 2.59. The topological polar surface area (TPSA) is 41.6 Å². The average molecular weight is 268 g/mol. The average Bonchev–Trinajstić information content (AvgIpc) is 2.81. The van der Waals surface area contributed by atoms with Crippen molar-refractivity contribution in [2.75, 3.05) is 13.6 Å². The van der Waals surface area contributed by atoms with Crippen molar-refractivity contribution in [3.63, 3.8) is 0 Å². The van der Waals surface area contributed by atoms with Gasteiger partial charge in [-0.3, -0.25) is 0 Å². The van der Waals surface area contributed by atoms with Crippen LogP contribution >= 0.6 is 0 Å². The number of nitrogens with zero attached hydrogens (tertiary/aromatic N) is 1. The van der Waals surface area contributed by atoms with Crippen LogP contribution in [0, 0.1) is 0 Å². The minimum atomic E-state index is -0.0281. The Bertz CT molecular complexity index is 596. The van der Waals surface area contributed by atoms with Gasteiger partial charge in [0.2, 0.25) is 0 Å². The summed E-state index contributed by atoms with van der Waals surface area (Å²) in [4.78, 5) is 13.1. The molecule has 0 radical (unpaired) electrons. The fourth-order valence-electron chi connectivity index (χ4n) is 2.24. The van der Waals surface area contributed by atoms with Crippen molar-refractivity contribution >= 4 is 6.03 Å². The van der Waals surface area contributed by atoms with Crippen LogP contribution in [0.5, 0.6) is 11.5 Å². The molecule has 1 unspecified atom stereocenters. The number of hydrogen-bond donors (Lipinski definition) is 1. The van der Waals surface area contributed by atoms with Crippen LogP contribution in [0.2, 0.25) is 0 Å². The van der Waals surface area contributed by atoms with Crippen LogP contribution in [-0.2, 0) is 0 Å². The van der Waals surface area contributed by atoms with Crippen molar-refractivity contribution in [3.05, 3.63) is 60.2 Å².